The number of aromatic nitrogens is 12. The van der Waals surface area contributed by atoms with E-state index in [9.17, 15) is 9.59 Å². The Morgan fingerprint density at radius 1 is 0.536 bits per heavy atom. The molecule has 440 valence electrons. The monoisotopic (exact) mass is 1150 g/mol. The maximum absolute atomic E-state index is 14.0. The number of carbonyl (C=O) groups is 2. The minimum absolute atomic E-state index is 0.0352. The van der Waals surface area contributed by atoms with Crippen molar-refractivity contribution in [1.82, 2.24) is 68.5 Å². The van der Waals surface area contributed by atoms with Gasteiger partial charge in [0, 0.05) is 78.0 Å². The van der Waals surface area contributed by atoms with Crippen molar-refractivity contribution in [2.24, 2.45) is 0 Å². The van der Waals surface area contributed by atoms with Gasteiger partial charge in [-0.3, -0.25) is 9.59 Å². The van der Waals surface area contributed by atoms with E-state index in [1.54, 1.807) is 72.8 Å². The molecule has 0 spiro atoms. The van der Waals surface area contributed by atoms with Crippen molar-refractivity contribution < 1.29 is 37.4 Å². The van der Waals surface area contributed by atoms with Crippen molar-refractivity contribution in [2.75, 3.05) is 114 Å². The predicted octanol–water partition coefficient (Wildman–Crippen LogP) is 6.84. The fraction of sp³-hybridized carbons (Fsp3) is 0.414. The average Bonchev–Trinajstić information content (AvgIpc) is 4.51. The van der Waals surface area contributed by atoms with Crippen LogP contribution in [0.1, 0.15) is 64.5 Å². The predicted molar refractivity (Wildman–Crippen MR) is 315 cm³/mol. The molecule has 0 bridgehead atoms. The molecule has 2 aromatic carbocycles. The number of methoxy groups -OCH3 is 2. The van der Waals surface area contributed by atoms with E-state index in [-0.39, 0.29) is 23.7 Å². The number of nitrogens with two attached hydrogens (primary N) is 2. The van der Waals surface area contributed by atoms with Crippen LogP contribution in [0, 0.1) is 0 Å². The number of amides is 2. The normalized spacial score (nSPS) is 14.6. The first-order valence-corrected chi connectivity index (χ1v) is 28.5. The van der Waals surface area contributed by atoms with Gasteiger partial charge in [-0.1, -0.05) is 39.5 Å². The molecule has 2 fully saturated rings. The SMILES string of the molecule is CCCC[C@@H](C(=O)N1CCN(c2ccc(OCCOC)cc2)CC1)n1ncc2c1nc(N)n1nc(-c3ccco3)nc21.CCCC[C@H](C(=O)N1CCN(c2ccc(OCCOC)cc2)CC1)n1ncc2c1nc(N)n1nc(-c3ccco3)nc21. The van der Waals surface area contributed by atoms with Gasteiger partial charge in [-0.05, 0) is 85.6 Å². The van der Waals surface area contributed by atoms with Gasteiger partial charge in [0.25, 0.3) is 0 Å². The molecule has 2 atom stereocenters. The van der Waals surface area contributed by atoms with Gasteiger partial charge in [0.05, 0.1) is 48.9 Å². The summed E-state index contributed by atoms with van der Waals surface area (Å²) in [5.41, 5.74) is 16.9. The molecule has 10 aromatic rings. The van der Waals surface area contributed by atoms with Gasteiger partial charge in [-0.25, -0.2) is 19.3 Å². The van der Waals surface area contributed by atoms with Gasteiger partial charge in [0.15, 0.2) is 34.1 Å². The standard InChI is InChI=1S/2C29H35N9O4/c2*1-3-4-6-23(28(39)36-14-12-35(13-15-36)20-8-10-21(11-9-20)41-18-17-40-2)37-27-22(19-31-37)26-32-25(24-7-5-16-42-24)34-38(26)29(30)33-27/h2*5,7-11,16,19,23H,3-4,6,12-15,17-18H2,1-2H3,(H2,30,33)/t2*23-/m10/s1. The summed E-state index contributed by atoms with van der Waals surface area (Å²) in [6.45, 7) is 11.7. The van der Waals surface area contributed by atoms with E-state index in [1.165, 1.54) is 9.03 Å². The lowest BCUT2D eigenvalue weighted by Crippen LogP contribution is -2.50. The first-order valence-electron chi connectivity index (χ1n) is 28.5. The number of benzene rings is 2. The van der Waals surface area contributed by atoms with Crippen molar-refractivity contribution in [3.63, 3.8) is 0 Å². The van der Waals surface area contributed by atoms with Crippen LogP contribution in [-0.2, 0) is 19.1 Å². The van der Waals surface area contributed by atoms with E-state index in [0.29, 0.717) is 122 Å². The quantitative estimate of drug-likeness (QED) is 0.0656. The summed E-state index contributed by atoms with van der Waals surface area (Å²) in [6.07, 6.45) is 11.5. The molecule has 2 aliphatic heterocycles. The Morgan fingerprint density at radius 2 is 0.940 bits per heavy atom. The first kappa shape index (κ1) is 56.6. The van der Waals surface area contributed by atoms with E-state index >= 15 is 0 Å². The lowest BCUT2D eigenvalue weighted by Gasteiger charge is -2.37. The van der Waals surface area contributed by atoms with E-state index < -0.39 is 12.1 Å². The Balaban J connectivity index is 0.000000175. The van der Waals surface area contributed by atoms with E-state index in [1.807, 2.05) is 34.1 Å². The number of carbonyl (C=O) groups excluding carboxylic acids is 2. The number of ether oxygens (including phenoxy) is 4. The Hall–Kier alpha value is -9.30. The maximum Gasteiger partial charge on any atom is 0.247 e. The van der Waals surface area contributed by atoms with Crippen LogP contribution in [0.25, 0.3) is 56.5 Å². The molecule has 2 saturated heterocycles. The highest BCUT2D eigenvalue weighted by atomic mass is 16.5. The van der Waals surface area contributed by atoms with Gasteiger partial charge in [-0.2, -0.15) is 29.2 Å². The van der Waals surface area contributed by atoms with Crippen LogP contribution in [-0.4, -0.2) is 173 Å². The van der Waals surface area contributed by atoms with Crippen LogP contribution in [0.15, 0.2) is 107 Å². The van der Waals surface area contributed by atoms with Crippen LogP contribution in [0.2, 0.25) is 0 Å². The third-order valence-electron chi connectivity index (χ3n) is 15.1. The smallest absolute Gasteiger partial charge is 0.247 e. The van der Waals surface area contributed by atoms with Crippen LogP contribution in [0.4, 0.5) is 23.3 Å². The van der Waals surface area contributed by atoms with Crippen molar-refractivity contribution in [3.8, 4) is 34.7 Å². The van der Waals surface area contributed by atoms with E-state index in [0.717, 1.165) is 74.7 Å². The lowest BCUT2D eigenvalue weighted by atomic mass is 10.1. The molecule has 84 heavy (non-hydrogen) atoms. The van der Waals surface area contributed by atoms with E-state index in [2.05, 4.69) is 88.2 Å². The van der Waals surface area contributed by atoms with E-state index in [4.69, 9.17) is 39.2 Å². The third-order valence-corrected chi connectivity index (χ3v) is 15.1. The molecule has 0 saturated carbocycles. The summed E-state index contributed by atoms with van der Waals surface area (Å²) >= 11 is 0. The van der Waals surface area contributed by atoms with Crippen molar-refractivity contribution in [1.29, 1.82) is 0 Å². The number of nitrogens with zero attached hydrogens (tertiary/aromatic N) is 16. The molecule has 0 radical (unpaired) electrons. The summed E-state index contributed by atoms with van der Waals surface area (Å²) in [6, 6.07) is 22.2. The van der Waals surface area contributed by atoms with Gasteiger partial charge >= 0.3 is 0 Å². The summed E-state index contributed by atoms with van der Waals surface area (Å²) < 4.78 is 38.7. The first-order chi connectivity index (χ1) is 41.1. The number of fused-ring (bicyclic) bond motifs is 6. The lowest BCUT2D eigenvalue weighted by molar-refractivity contribution is -0.136. The van der Waals surface area contributed by atoms with Crippen LogP contribution >= 0.6 is 0 Å². The number of furan rings is 2. The molecule has 2 amide bonds. The molecule has 0 aliphatic carbocycles. The number of piperazine rings is 2. The zero-order chi connectivity index (χ0) is 58.1. The largest absolute Gasteiger partial charge is 0.491 e. The van der Waals surface area contributed by atoms with Gasteiger partial charge < -0.3 is 58.8 Å². The highest BCUT2D eigenvalue weighted by Gasteiger charge is 2.33. The van der Waals surface area contributed by atoms with Crippen molar-refractivity contribution in [3.05, 3.63) is 97.7 Å². The molecule has 8 aromatic heterocycles. The average molecular weight is 1150 g/mol. The summed E-state index contributed by atoms with van der Waals surface area (Å²) in [5.74, 6) is 3.87. The molecule has 2 aliphatic rings. The highest BCUT2D eigenvalue weighted by molar-refractivity contribution is 5.93. The topological polar surface area (TPSA) is 284 Å². The number of nitrogen functional groups attached to an aromatic ring is 2. The second-order valence-corrected chi connectivity index (χ2v) is 20.5. The molecule has 10 heterocycles. The van der Waals surface area contributed by atoms with Crippen LogP contribution in [0.5, 0.6) is 11.5 Å². The van der Waals surface area contributed by atoms with Gasteiger partial charge in [0.2, 0.25) is 35.4 Å². The van der Waals surface area contributed by atoms with Crippen LogP contribution in [0.3, 0.4) is 0 Å². The number of rotatable bonds is 22. The van der Waals surface area contributed by atoms with Gasteiger partial charge in [-0.15, -0.1) is 10.2 Å². The Bertz CT molecular complexity index is 3520. The molecular weight excluding hydrogens is 1080 g/mol. The Kier molecular flexibility index (Phi) is 17.4. The molecule has 12 rings (SSSR count). The van der Waals surface area contributed by atoms with Gasteiger partial charge in [0.1, 0.15) is 36.8 Å². The second kappa shape index (κ2) is 25.9. The summed E-state index contributed by atoms with van der Waals surface area (Å²) in [7, 11) is 3.31. The third kappa shape index (κ3) is 12.0. The zero-order valence-corrected chi connectivity index (χ0v) is 47.7. The zero-order valence-electron chi connectivity index (χ0n) is 47.7. The minimum Gasteiger partial charge on any atom is -0.491 e. The fourth-order valence-corrected chi connectivity index (χ4v) is 10.6. The number of hydrogen-bond donors (Lipinski definition) is 2. The molecule has 26 nitrogen and oxygen atoms in total. The molecular formula is C58H70N18O8. The number of unbranched alkanes of at least 4 members (excludes halogenated alkanes) is 2. The van der Waals surface area contributed by atoms with Crippen LogP contribution < -0.4 is 30.7 Å². The van der Waals surface area contributed by atoms with Crippen molar-refractivity contribution >= 4 is 68.4 Å². The second-order valence-electron chi connectivity index (χ2n) is 20.5. The summed E-state index contributed by atoms with van der Waals surface area (Å²) in [5, 5.41) is 19.6. The number of hydrogen-bond acceptors (Lipinski definition) is 20. The highest BCUT2D eigenvalue weighted by Crippen LogP contribution is 2.32. The fourth-order valence-electron chi connectivity index (χ4n) is 10.6. The molecule has 0 unspecified atom stereocenters. The molecule has 26 heteroatoms. The minimum atomic E-state index is -0.501. The molecule has 4 N–H and O–H groups in total. The maximum atomic E-state index is 14.0. The Morgan fingerprint density at radius 3 is 1.30 bits per heavy atom. The summed E-state index contributed by atoms with van der Waals surface area (Å²) in [4.78, 5) is 54.9. The Labute approximate surface area is 483 Å². The van der Waals surface area contributed by atoms with Crippen molar-refractivity contribution in [2.45, 2.75) is 64.5 Å². The number of anilines is 4.